The zero-order valence-corrected chi connectivity index (χ0v) is 14.6. The number of benzene rings is 1. The lowest BCUT2D eigenvalue weighted by Gasteiger charge is -2.13. The molecule has 0 fully saturated rings. The van der Waals surface area contributed by atoms with Crippen LogP contribution in [0, 0.1) is 0 Å². The number of hydrogen-bond acceptors (Lipinski definition) is 3. The first-order valence-corrected chi connectivity index (χ1v) is 8.36. The van der Waals surface area contributed by atoms with Gasteiger partial charge in [-0.3, -0.25) is 4.79 Å². The molecule has 0 aromatic heterocycles. The van der Waals surface area contributed by atoms with E-state index in [1.54, 1.807) is 25.1 Å². The Bertz CT molecular complexity index is 529. The quantitative estimate of drug-likeness (QED) is 0.523. The van der Waals surface area contributed by atoms with E-state index in [1.165, 1.54) is 11.8 Å². The van der Waals surface area contributed by atoms with Crippen LogP contribution in [0.5, 0.6) is 0 Å². The molecule has 1 aromatic rings. The molecule has 1 aromatic carbocycles. The van der Waals surface area contributed by atoms with Crippen LogP contribution in [0.1, 0.15) is 13.3 Å². The largest absolute Gasteiger partial charge is 0.411 e. The van der Waals surface area contributed by atoms with Crippen LogP contribution in [0.15, 0.2) is 23.1 Å². The summed E-state index contributed by atoms with van der Waals surface area (Å²) in [4.78, 5) is 12.6. The van der Waals surface area contributed by atoms with Crippen molar-refractivity contribution in [3.05, 3.63) is 28.2 Å². The molecule has 1 amide bonds. The van der Waals surface area contributed by atoms with Gasteiger partial charge in [0, 0.05) is 23.1 Å². The third-order valence-electron chi connectivity index (χ3n) is 2.60. The maximum absolute atomic E-state index is 11.9. The summed E-state index contributed by atoms with van der Waals surface area (Å²) in [5, 5.41) is 3.24. The lowest BCUT2D eigenvalue weighted by Crippen LogP contribution is -2.32. The number of carbonyl (C=O) groups is 1. The summed E-state index contributed by atoms with van der Waals surface area (Å²) >= 11 is 13.2. The lowest BCUT2D eigenvalue weighted by molar-refractivity contribution is -0.174. The van der Waals surface area contributed by atoms with Gasteiger partial charge in [0.05, 0.1) is 10.3 Å². The Kier molecular flexibility index (Phi) is 8.53. The lowest BCUT2D eigenvalue weighted by atomic mass is 10.4. The number of carbonyl (C=O) groups excluding carboxylic acids is 1. The van der Waals surface area contributed by atoms with Gasteiger partial charge in [-0.25, -0.2) is 0 Å². The van der Waals surface area contributed by atoms with Crippen LogP contribution < -0.4 is 5.32 Å². The molecule has 130 valence electrons. The molecule has 0 aliphatic carbocycles. The molecule has 0 radical (unpaired) electrons. The number of ether oxygens (including phenoxy) is 1. The summed E-state index contributed by atoms with van der Waals surface area (Å²) in [5.41, 5.74) is 0. The normalized spacial score (nSPS) is 13.0. The third kappa shape index (κ3) is 8.69. The summed E-state index contributed by atoms with van der Waals surface area (Å²) in [5.74, 6) is -0.234. The highest BCUT2D eigenvalue weighted by molar-refractivity contribution is 8.00. The third-order valence-corrected chi connectivity index (χ3v) is 4.43. The van der Waals surface area contributed by atoms with E-state index in [4.69, 9.17) is 23.2 Å². The first-order chi connectivity index (χ1) is 10.7. The van der Waals surface area contributed by atoms with Crippen LogP contribution in [-0.2, 0) is 9.53 Å². The van der Waals surface area contributed by atoms with Crippen molar-refractivity contribution in [1.82, 2.24) is 5.32 Å². The molecule has 0 saturated heterocycles. The Labute approximate surface area is 146 Å². The van der Waals surface area contributed by atoms with Crippen molar-refractivity contribution < 1.29 is 22.7 Å². The van der Waals surface area contributed by atoms with Gasteiger partial charge in [-0.1, -0.05) is 23.2 Å². The second kappa shape index (κ2) is 9.61. The molecule has 0 heterocycles. The second-order valence-corrected chi connectivity index (χ2v) is 6.87. The van der Waals surface area contributed by atoms with Crippen molar-refractivity contribution in [3.8, 4) is 0 Å². The van der Waals surface area contributed by atoms with Gasteiger partial charge >= 0.3 is 6.18 Å². The Morgan fingerprint density at radius 3 is 2.74 bits per heavy atom. The van der Waals surface area contributed by atoms with Crippen molar-refractivity contribution in [2.45, 2.75) is 29.7 Å². The molecule has 0 spiro atoms. The molecule has 0 aliphatic rings. The SMILES string of the molecule is CC(Sc1cc(Cl)ccc1Cl)C(=O)NCCCOCC(F)(F)F. The van der Waals surface area contributed by atoms with E-state index in [0.29, 0.717) is 21.4 Å². The van der Waals surface area contributed by atoms with E-state index in [-0.39, 0.29) is 19.1 Å². The van der Waals surface area contributed by atoms with Crippen molar-refractivity contribution >= 4 is 40.9 Å². The van der Waals surface area contributed by atoms with Crippen molar-refractivity contribution in [3.63, 3.8) is 0 Å². The Morgan fingerprint density at radius 1 is 1.39 bits per heavy atom. The molecule has 3 nitrogen and oxygen atoms in total. The summed E-state index contributed by atoms with van der Waals surface area (Å²) in [6.07, 6.45) is -4.03. The molecule has 23 heavy (non-hydrogen) atoms. The fourth-order valence-corrected chi connectivity index (χ4v) is 2.96. The summed E-state index contributed by atoms with van der Waals surface area (Å²) in [6, 6.07) is 4.97. The standard InChI is InChI=1S/C14H16Cl2F3NO2S/c1-9(23-12-7-10(15)3-4-11(12)16)13(21)20-5-2-6-22-8-14(17,18)19/h3-4,7,9H,2,5-6,8H2,1H3,(H,20,21). The number of alkyl halides is 3. The molecule has 9 heteroatoms. The smallest absolute Gasteiger partial charge is 0.372 e. The van der Waals surface area contributed by atoms with E-state index in [9.17, 15) is 18.0 Å². The summed E-state index contributed by atoms with van der Waals surface area (Å²) in [7, 11) is 0. The highest BCUT2D eigenvalue weighted by Gasteiger charge is 2.27. The molecular formula is C14H16Cl2F3NO2S. The predicted octanol–water partition coefficient (Wildman–Crippen LogP) is 4.56. The van der Waals surface area contributed by atoms with E-state index in [2.05, 4.69) is 10.1 Å². The molecule has 0 bridgehead atoms. The monoisotopic (exact) mass is 389 g/mol. The Morgan fingerprint density at radius 2 is 2.09 bits per heavy atom. The van der Waals surface area contributed by atoms with Crippen molar-refractivity contribution in [1.29, 1.82) is 0 Å². The molecular weight excluding hydrogens is 374 g/mol. The average Bonchev–Trinajstić information content (AvgIpc) is 2.45. The van der Waals surface area contributed by atoms with E-state index < -0.39 is 18.0 Å². The minimum Gasteiger partial charge on any atom is -0.372 e. The fraction of sp³-hybridized carbons (Fsp3) is 0.500. The highest BCUT2D eigenvalue weighted by Crippen LogP contribution is 2.32. The first kappa shape index (κ1) is 20.4. The number of amides is 1. The van der Waals surface area contributed by atoms with Gasteiger partial charge in [0.2, 0.25) is 5.91 Å². The zero-order chi connectivity index (χ0) is 17.5. The minimum atomic E-state index is -4.33. The molecule has 0 saturated carbocycles. The van der Waals surface area contributed by atoms with Crippen molar-refractivity contribution in [2.24, 2.45) is 0 Å². The van der Waals surface area contributed by atoms with Gasteiger partial charge in [-0.2, -0.15) is 13.2 Å². The molecule has 1 rings (SSSR count). The highest BCUT2D eigenvalue weighted by atomic mass is 35.5. The number of halogens is 5. The molecule has 0 aliphatic heterocycles. The van der Waals surface area contributed by atoms with Crippen LogP contribution >= 0.6 is 35.0 Å². The molecule has 1 unspecified atom stereocenters. The topological polar surface area (TPSA) is 38.3 Å². The second-order valence-electron chi connectivity index (χ2n) is 4.65. The van der Waals surface area contributed by atoms with Crippen LogP contribution in [-0.4, -0.2) is 37.1 Å². The van der Waals surface area contributed by atoms with Crippen LogP contribution in [0.4, 0.5) is 13.2 Å². The summed E-state index contributed by atoms with van der Waals surface area (Å²) in [6.45, 7) is 0.601. The molecule has 1 atom stereocenters. The fourth-order valence-electron chi connectivity index (χ4n) is 1.53. The minimum absolute atomic E-state index is 0.0680. The van der Waals surface area contributed by atoms with Crippen LogP contribution in [0.25, 0.3) is 0 Å². The molecule has 1 N–H and O–H groups in total. The summed E-state index contributed by atoms with van der Waals surface area (Å²) < 4.78 is 40.0. The van der Waals surface area contributed by atoms with Gasteiger partial charge in [-0.15, -0.1) is 11.8 Å². The van der Waals surface area contributed by atoms with Gasteiger partial charge in [-0.05, 0) is 31.5 Å². The Balaban J connectivity index is 2.28. The van der Waals surface area contributed by atoms with Gasteiger partial charge < -0.3 is 10.1 Å². The van der Waals surface area contributed by atoms with Gasteiger partial charge in [0.1, 0.15) is 6.61 Å². The number of hydrogen-bond donors (Lipinski definition) is 1. The number of rotatable bonds is 8. The maximum atomic E-state index is 11.9. The van der Waals surface area contributed by atoms with E-state index in [0.717, 1.165) is 0 Å². The number of nitrogens with one attached hydrogen (secondary N) is 1. The van der Waals surface area contributed by atoms with E-state index in [1.807, 2.05) is 0 Å². The maximum Gasteiger partial charge on any atom is 0.411 e. The zero-order valence-electron chi connectivity index (χ0n) is 12.3. The van der Waals surface area contributed by atoms with Crippen molar-refractivity contribution in [2.75, 3.05) is 19.8 Å². The predicted molar refractivity (Wildman–Crippen MR) is 86.3 cm³/mol. The van der Waals surface area contributed by atoms with E-state index >= 15 is 0 Å². The Hall–Kier alpha value is -0.630. The first-order valence-electron chi connectivity index (χ1n) is 6.73. The number of thioether (sulfide) groups is 1. The van der Waals surface area contributed by atoms with Crippen LogP contribution in [0.3, 0.4) is 0 Å². The van der Waals surface area contributed by atoms with Gasteiger partial charge in [0.15, 0.2) is 0 Å². The average molecular weight is 390 g/mol. The van der Waals surface area contributed by atoms with Gasteiger partial charge in [0.25, 0.3) is 0 Å². The van der Waals surface area contributed by atoms with Crippen LogP contribution in [0.2, 0.25) is 10.0 Å².